The van der Waals surface area contributed by atoms with Gasteiger partial charge in [0.1, 0.15) is 5.75 Å². The van der Waals surface area contributed by atoms with Gasteiger partial charge in [-0.2, -0.15) is 0 Å². The number of nitrogens with one attached hydrogen (secondary N) is 1. The maximum absolute atomic E-state index is 11.9. The van der Waals surface area contributed by atoms with E-state index in [0.29, 0.717) is 17.3 Å². The quantitative estimate of drug-likeness (QED) is 0.428. The van der Waals surface area contributed by atoms with Crippen molar-refractivity contribution in [3.63, 3.8) is 0 Å². The average Bonchev–Trinajstić information content (AvgIpc) is 3.08. The Morgan fingerprint density at radius 3 is 2.42 bits per heavy atom. The average molecular weight is 586 g/mol. The van der Waals surface area contributed by atoms with E-state index in [0.717, 1.165) is 101 Å². The largest absolute Gasteiger partial charge is 0.507 e. The molecule has 3 aromatic rings. The van der Waals surface area contributed by atoms with Crippen molar-refractivity contribution in [3.05, 3.63) is 42.7 Å². The van der Waals surface area contributed by atoms with Crippen molar-refractivity contribution in [3.8, 4) is 17.0 Å². The van der Waals surface area contributed by atoms with Gasteiger partial charge >= 0.3 is 5.97 Å². The van der Waals surface area contributed by atoms with E-state index in [-0.39, 0.29) is 23.7 Å². The Morgan fingerprint density at radius 1 is 0.930 bits per heavy atom. The minimum Gasteiger partial charge on any atom is -0.507 e. The molecule has 5 heterocycles. The van der Waals surface area contributed by atoms with Crippen molar-refractivity contribution in [1.82, 2.24) is 25.1 Å². The van der Waals surface area contributed by atoms with Gasteiger partial charge in [0, 0.05) is 64.0 Å². The second kappa shape index (κ2) is 11.8. The number of carbonyl (C=O) groups is 1. The third-order valence-electron chi connectivity index (χ3n) is 9.59. The Morgan fingerprint density at radius 2 is 1.67 bits per heavy atom. The predicted molar refractivity (Wildman–Crippen MR) is 165 cm³/mol. The second-order valence-electron chi connectivity index (χ2n) is 11.9. The summed E-state index contributed by atoms with van der Waals surface area (Å²) in [4.78, 5) is 31.1. The number of rotatable bonds is 5. The topological polar surface area (TPSA) is 123 Å². The van der Waals surface area contributed by atoms with Gasteiger partial charge in [0.2, 0.25) is 5.95 Å². The molecule has 226 valence electrons. The van der Waals surface area contributed by atoms with Crippen LogP contribution >= 0.6 is 0 Å². The molecule has 0 bridgehead atoms. The first-order valence-corrected chi connectivity index (χ1v) is 15.4. The minimum absolute atomic E-state index is 0.0523. The number of phenols is 1. The Balaban J connectivity index is 0.947. The molecule has 1 aromatic carbocycles. The summed E-state index contributed by atoms with van der Waals surface area (Å²) in [7, 11) is 1.49. The summed E-state index contributed by atoms with van der Waals surface area (Å²) in [5.41, 5.74) is 3.42. The molecule has 2 saturated heterocycles. The summed E-state index contributed by atoms with van der Waals surface area (Å²) >= 11 is 0. The number of aromatic nitrogens is 4. The Bertz CT molecular complexity index is 1440. The maximum Gasteiger partial charge on any atom is 0.308 e. The highest BCUT2D eigenvalue weighted by molar-refractivity contribution is 5.77. The molecule has 2 N–H and O–H groups in total. The molecule has 0 amide bonds. The number of hydrogen-bond acceptors (Lipinski definition) is 12. The number of esters is 1. The fraction of sp³-hybridized carbons (Fsp3) is 0.516. The van der Waals surface area contributed by atoms with Crippen LogP contribution in [0.25, 0.3) is 11.3 Å². The zero-order valence-corrected chi connectivity index (χ0v) is 24.6. The van der Waals surface area contributed by atoms with Crippen LogP contribution in [-0.4, -0.2) is 108 Å². The molecule has 7 rings (SSSR count). The molecular weight excluding hydrogens is 546 g/mol. The van der Waals surface area contributed by atoms with Crippen LogP contribution in [-0.2, 0) is 9.53 Å². The first-order valence-electron chi connectivity index (χ1n) is 15.4. The van der Waals surface area contributed by atoms with Crippen molar-refractivity contribution in [2.45, 2.75) is 37.8 Å². The summed E-state index contributed by atoms with van der Waals surface area (Å²) in [6, 6.07) is 10.0. The second-order valence-corrected chi connectivity index (χ2v) is 11.9. The minimum atomic E-state index is -0.0523. The molecule has 3 aliphatic heterocycles. The third kappa shape index (κ3) is 5.51. The van der Waals surface area contributed by atoms with Crippen LogP contribution in [0.3, 0.4) is 0 Å². The highest BCUT2D eigenvalue weighted by Gasteiger charge is 2.35. The lowest BCUT2D eigenvalue weighted by atomic mass is 9.85. The molecule has 12 heteroatoms. The number of hydrogen-bond donors (Lipinski definition) is 2. The number of ether oxygens (including phenoxy) is 1. The Kier molecular flexibility index (Phi) is 7.60. The molecule has 2 aromatic heterocycles. The number of phenolic OH excluding ortho intramolecular Hbond substituents is 1. The van der Waals surface area contributed by atoms with E-state index in [4.69, 9.17) is 14.7 Å². The van der Waals surface area contributed by atoms with E-state index >= 15 is 0 Å². The Hall–Kier alpha value is -4.19. The molecule has 3 fully saturated rings. The van der Waals surface area contributed by atoms with Gasteiger partial charge in [0.05, 0.1) is 48.5 Å². The van der Waals surface area contributed by atoms with Crippen molar-refractivity contribution in [1.29, 1.82) is 0 Å². The van der Waals surface area contributed by atoms with Gasteiger partial charge in [-0.25, -0.2) is 9.97 Å². The van der Waals surface area contributed by atoms with Gasteiger partial charge in [-0.15, -0.1) is 10.2 Å². The van der Waals surface area contributed by atoms with Crippen LogP contribution in [0.15, 0.2) is 42.7 Å². The fourth-order valence-electron chi connectivity index (χ4n) is 7.12. The molecule has 0 unspecified atom stereocenters. The van der Waals surface area contributed by atoms with Gasteiger partial charge in [-0.05, 0) is 43.9 Å². The van der Waals surface area contributed by atoms with Crippen LogP contribution in [0.1, 0.15) is 25.7 Å². The van der Waals surface area contributed by atoms with Gasteiger partial charge < -0.3 is 29.9 Å². The summed E-state index contributed by atoms with van der Waals surface area (Å²) < 4.78 is 4.95. The standard InChI is InChI=1S/C31H39N9O3/c1-43-30(42)21-6-8-22(9-7-21)37-10-12-38(13-11-37)23-17-33-31(34-18-23)39-14-15-40-24(20-39)19-32-29-27(40)16-26(35-36-29)25-4-2-3-5-28(25)41/h2-5,16-18,21-22,24,41H,6-15,19-20H2,1H3,(H,32,36)/t21?,22?,24-/m0/s1. The normalized spacial score (nSPS) is 24.1. The summed E-state index contributed by atoms with van der Waals surface area (Å²) in [6.45, 7) is 7.14. The summed E-state index contributed by atoms with van der Waals surface area (Å²) in [5, 5.41) is 22.5. The number of para-hydroxylation sites is 1. The lowest BCUT2D eigenvalue weighted by Gasteiger charge is -2.45. The van der Waals surface area contributed by atoms with E-state index < -0.39 is 0 Å². The molecule has 1 atom stereocenters. The van der Waals surface area contributed by atoms with E-state index in [2.05, 4.69) is 35.1 Å². The maximum atomic E-state index is 11.9. The van der Waals surface area contributed by atoms with Crippen LogP contribution in [0, 0.1) is 5.92 Å². The van der Waals surface area contributed by atoms with Gasteiger partial charge in [-0.1, -0.05) is 12.1 Å². The predicted octanol–water partition coefficient (Wildman–Crippen LogP) is 2.61. The number of fused-ring (bicyclic) bond motifs is 3. The molecule has 4 aliphatic rings. The molecule has 1 saturated carbocycles. The smallest absolute Gasteiger partial charge is 0.308 e. The van der Waals surface area contributed by atoms with E-state index in [1.165, 1.54) is 7.11 Å². The molecule has 0 radical (unpaired) electrons. The summed E-state index contributed by atoms with van der Waals surface area (Å²) in [6.07, 6.45) is 7.93. The molecule has 1 aliphatic carbocycles. The zero-order chi connectivity index (χ0) is 29.3. The first-order chi connectivity index (χ1) is 21.1. The molecule has 12 nitrogen and oxygen atoms in total. The lowest BCUT2D eigenvalue weighted by Crippen LogP contribution is -2.58. The van der Waals surface area contributed by atoms with E-state index in [1.54, 1.807) is 12.1 Å². The van der Waals surface area contributed by atoms with Crippen LogP contribution in [0.5, 0.6) is 5.75 Å². The molecular formula is C31H39N9O3. The highest BCUT2D eigenvalue weighted by Crippen LogP contribution is 2.36. The number of aromatic hydroxyl groups is 1. The number of benzene rings is 1. The molecule has 43 heavy (non-hydrogen) atoms. The fourth-order valence-corrected chi connectivity index (χ4v) is 7.12. The van der Waals surface area contributed by atoms with Crippen molar-refractivity contribution in [2.24, 2.45) is 5.92 Å². The van der Waals surface area contributed by atoms with Gasteiger partial charge in [-0.3, -0.25) is 9.69 Å². The van der Waals surface area contributed by atoms with E-state index in [9.17, 15) is 9.90 Å². The monoisotopic (exact) mass is 585 g/mol. The number of piperazine rings is 2. The van der Waals surface area contributed by atoms with E-state index in [1.807, 2.05) is 30.6 Å². The van der Waals surface area contributed by atoms with Crippen LogP contribution < -0.4 is 20.0 Å². The third-order valence-corrected chi connectivity index (χ3v) is 9.59. The van der Waals surface area contributed by atoms with Crippen molar-refractivity contribution in [2.75, 3.05) is 79.5 Å². The lowest BCUT2D eigenvalue weighted by molar-refractivity contribution is -0.146. The van der Waals surface area contributed by atoms with Crippen LogP contribution in [0.4, 0.5) is 23.1 Å². The Labute approximate surface area is 251 Å². The molecule has 0 spiro atoms. The van der Waals surface area contributed by atoms with Crippen LogP contribution in [0.2, 0.25) is 0 Å². The first kappa shape index (κ1) is 27.6. The highest BCUT2D eigenvalue weighted by atomic mass is 16.5. The van der Waals surface area contributed by atoms with Crippen molar-refractivity contribution < 1.29 is 14.6 Å². The number of nitrogens with zero attached hydrogens (tertiary/aromatic N) is 8. The van der Waals surface area contributed by atoms with Gasteiger partial charge in [0.25, 0.3) is 0 Å². The number of anilines is 4. The SMILES string of the molecule is COC(=O)C1CCC(N2CCN(c3cnc(N4CCN5c6cc(-c7ccccc7O)nnc6NC[C@H]5C4)nc3)CC2)CC1. The zero-order valence-electron chi connectivity index (χ0n) is 24.6. The number of carbonyl (C=O) groups excluding carboxylic acids is 1. The van der Waals surface area contributed by atoms with Gasteiger partial charge in [0.15, 0.2) is 5.82 Å². The van der Waals surface area contributed by atoms with Crippen molar-refractivity contribution >= 4 is 29.1 Å². The summed E-state index contributed by atoms with van der Waals surface area (Å²) in [5.74, 6) is 1.76. The number of methoxy groups -OCH3 is 1.